The van der Waals surface area contributed by atoms with E-state index in [4.69, 9.17) is 9.72 Å². The summed E-state index contributed by atoms with van der Waals surface area (Å²) in [5.41, 5.74) is 2.82. The molecule has 1 saturated heterocycles. The van der Waals surface area contributed by atoms with E-state index in [1.54, 1.807) is 11.3 Å². The Balaban J connectivity index is 1.22. The summed E-state index contributed by atoms with van der Waals surface area (Å²) in [5.74, 6) is 0.819. The van der Waals surface area contributed by atoms with Crippen LogP contribution in [0.1, 0.15) is 23.9 Å². The van der Waals surface area contributed by atoms with Gasteiger partial charge in [0, 0.05) is 23.7 Å². The van der Waals surface area contributed by atoms with Crippen molar-refractivity contribution in [3.05, 3.63) is 65.4 Å². The fraction of sp³-hybridized carbons (Fsp3) is 0.304. The number of ether oxygens (including phenoxy) is 1. The number of fused-ring (bicyclic) bond motifs is 1. The largest absolute Gasteiger partial charge is 0.368 e. The molecule has 32 heavy (non-hydrogen) atoms. The second-order valence-corrected chi connectivity index (χ2v) is 8.60. The van der Waals surface area contributed by atoms with Crippen molar-refractivity contribution in [1.29, 1.82) is 0 Å². The van der Waals surface area contributed by atoms with Crippen LogP contribution in [0.15, 0.2) is 54.0 Å². The van der Waals surface area contributed by atoms with E-state index in [0.717, 1.165) is 33.2 Å². The van der Waals surface area contributed by atoms with Crippen LogP contribution in [0.3, 0.4) is 0 Å². The minimum atomic E-state index is -0.252. The van der Waals surface area contributed by atoms with Crippen LogP contribution in [0.2, 0.25) is 0 Å². The smallest absolute Gasteiger partial charge is 0.224 e. The maximum absolute atomic E-state index is 12.9. The quantitative estimate of drug-likeness (QED) is 0.481. The SMILES string of the molecule is Cc1csc(Nc2cccc([C@H]3CN(C(=O)CCn4ncc5ccccc54)CCO3)n2)n1. The third-order valence-corrected chi connectivity index (χ3v) is 6.34. The van der Waals surface area contributed by atoms with Gasteiger partial charge in [0.25, 0.3) is 0 Å². The van der Waals surface area contributed by atoms with E-state index in [1.807, 2.05) is 70.5 Å². The van der Waals surface area contributed by atoms with Crippen molar-refractivity contribution in [2.24, 2.45) is 0 Å². The molecule has 0 unspecified atom stereocenters. The molecule has 4 heterocycles. The van der Waals surface area contributed by atoms with Crippen LogP contribution in [0.4, 0.5) is 10.9 Å². The van der Waals surface area contributed by atoms with Crippen LogP contribution in [-0.4, -0.2) is 50.3 Å². The average molecular weight is 449 g/mol. The number of pyridine rings is 1. The Morgan fingerprint density at radius 1 is 1.22 bits per heavy atom. The number of aromatic nitrogens is 4. The number of rotatable bonds is 6. The molecular formula is C23H24N6O2S. The normalized spacial score (nSPS) is 16.4. The number of benzene rings is 1. The molecule has 8 nitrogen and oxygen atoms in total. The molecule has 5 rings (SSSR count). The van der Waals surface area contributed by atoms with Gasteiger partial charge in [0.15, 0.2) is 5.13 Å². The Hall–Kier alpha value is -3.30. The molecule has 1 aromatic carbocycles. The highest BCUT2D eigenvalue weighted by atomic mass is 32.1. The van der Waals surface area contributed by atoms with Crippen LogP contribution < -0.4 is 5.32 Å². The van der Waals surface area contributed by atoms with Gasteiger partial charge < -0.3 is 15.0 Å². The van der Waals surface area contributed by atoms with Gasteiger partial charge in [-0.2, -0.15) is 5.10 Å². The zero-order valence-electron chi connectivity index (χ0n) is 17.8. The lowest BCUT2D eigenvalue weighted by Crippen LogP contribution is -2.42. The number of para-hydroxylation sites is 1. The first-order valence-corrected chi connectivity index (χ1v) is 11.5. The van der Waals surface area contributed by atoms with Crippen molar-refractivity contribution in [2.45, 2.75) is 26.0 Å². The van der Waals surface area contributed by atoms with Gasteiger partial charge in [-0.05, 0) is 25.1 Å². The van der Waals surface area contributed by atoms with Crippen molar-refractivity contribution in [1.82, 2.24) is 24.6 Å². The van der Waals surface area contributed by atoms with Gasteiger partial charge in [-0.25, -0.2) is 9.97 Å². The second kappa shape index (κ2) is 9.05. The summed E-state index contributed by atoms with van der Waals surface area (Å²) < 4.78 is 7.84. The Bertz CT molecular complexity index is 1240. The first kappa shape index (κ1) is 20.6. The minimum absolute atomic E-state index is 0.102. The molecule has 0 spiro atoms. The maximum Gasteiger partial charge on any atom is 0.224 e. The van der Waals surface area contributed by atoms with Crippen molar-refractivity contribution in [2.75, 3.05) is 25.0 Å². The van der Waals surface area contributed by atoms with Gasteiger partial charge in [-0.15, -0.1) is 11.3 Å². The van der Waals surface area contributed by atoms with Gasteiger partial charge in [0.1, 0.15) is 11.9 Å². The Kier molecular flexibility index (Phi) is 5.83. The lowest BCUT2D eigenvalue weighted by molar-refractivity contribution is -0.139. The summed E-state index contributed by atoms with van der Waals surface area (Å²) in [6.45, 7) is 4.09. The standard InChI is InChI=1S/C23H24N6O2S/c1-16-15-32-23(25-16)27-21-8-4-6-18(26-21)20-14-28(11-12-31-20)22(30)9-10-29-19-7-3-2-5-17(19)13-24-29/h2-8,13,15,20H,9-12,14H2,1H3,(H,25,26,27)/t20-/m1/s1. The second-order valence-electron chi connectivity index (χ2n) is 7.74. The third kappa shape index (κ3) is 4.49. The lowest BCUT2D eigenvalue weighted by Gasteiger charge is -2.33. The first-order valence-electron chi connectivity index (χ1n) is 10.6. The zero-order chi connectivity index (χ0) is 21.9. The van der Waals surface area contributed by atoms with Gasteiger partial charge in [-0.3, -0.25) is 9.48 Å². The fourth-order valence-electron chi connectivity index (χ4n) is 3.84. The maximum atomic E-state index is 12.9. The number of amides is 1. The van der Waals surface area contributed by atoms with E-state index < -0.39 is 0 Å². The molecule has 1 N–H and O–H groups in total. The molecule has 0 radical (unpaired) electrons. The summed E-state index contributed by atoms with van der Waals surface area (Å²) in [4.78, 5) is 23.9. The van der Waals surface area contributed by atoms with Crippen LogP contribution in [-0.2, 0) is 16.1 Å². The molecule has 4 aromatic rings. The molecule has 1 aliphatic rings. The molecule has 1 atom stereocenters. The van der Waals surface area contributed by atoms with Crippen molar-refractivity contribution >= 4 is 39.1 Å². The monoisotopic (exact) mass is 448 g/mol. The number of morpholine rings is 1. The number of anilines is 2. The zero-order valence-corrected chi connectivity index (χ0v) is 18.6. The Labute approximate surface area is 189 Å². The van der Waals surface area contributed by atoms with Gasteiger partial charge in [0.05, 0.1) is 42.8 Å². The Morgan fingerprint density at radius 3 is 3.00 bits per heavy atom. The molecule has 1 aliphatic heterocycles. The van der Waals surface area contributed by atoms with Gasteiger partial charge in [0.2, 0.25) is 5.91 Å². The summed E-state index contributed by atoms with van der Waals surface area (Å²) in [6.07, 6.45) is 1.99. The van der Waals surface area contributed by atoms with E-state index >= 15 is 0 Å². The van der Waals surface area contributed by atoms with Gasteiger partial charge in [-0.1, -0.05) is 24.3 Å². The van der Waals surface area contributed by atoms with Crippen molar-refractivity contribution in [3.8, 4) is 0 Å². The number of thiazole rings is 1. The lowest BCUT2D eigenvalue weighted by atomic mass is 10.1. The number of hydrogen-bond donors (Lipinski definition) is 1. The summed E-state index contributed by atoms with van der Waals surface area (Å²) in [6, 6.07) is 13.8. The van der Waals surface area contributed by atoms with Crippen LogP contribution in [0.25, 0.3) is 10.9 Å². The molecule has 164 valence electrons. The number of carbonyl (C=O) groups excluding carboxylic acids is 1. The Morgan fingerprint density at radius 2 is 2.12 bits per heavy atom. The number of hydrogen-bond acceptors (Lipinski definition) is 7. The van der Waals surface area contributed by atoms with Crippen LogP contribution >= 0.6 is 11.3 Å². The molecule has 9 heteroatoms. The molecule has 0 aliphatic carbocycles. The van der Waals surface area contributed by atoms with E-state index in [9.17, 15) is 4.79 Å². The summed E-state index contributed by atoms with van der Waals surface area (Å²) >= 11 is 1.54. The van der Waals surface area contributed by atoms with E-state index in [0.29, 0.717) is 32.7 Å². The van der Waals surface area contributed by atoms with Gasteiger partial charge >= 0.3 is 0 Å². The molecule has 0 bridgehead atoms. The van der Waals surface area contributed by atoms with E-state index in [2.05, 4.69) is 15.4 Å². The highest BCUT2D eigenvalue weighted by Crippen LogP contribution is 2.25. The van der Waals surface area contributed by atoms with Crippen LogP contribution in [0, 0.1) is 6.92 Å². The first-order chi connectivity index (χ1) is 15.7. The molecule has 1 fully saturated rings. The molecular weight excluding hydrogens is 424 g/mol. The number of carbonyl (C=O) groups is 1. The van der Waals surface area contributed by atoms with E-state index in [1.165, 1.54) is 0 Å². The molecule has 0 saturated carbocycles. The van der Waals surface area contributed by atoms with E-state index in [-0.39, 0.29) is 12.0 Å². The highest BCUT2D eigenvalue weighted by Gasteiger charge is 2.26. The molecule has 1 amide bonds. The third-order valence-electron chi connectivity index (χ3n) is 5.46. The van der Waals surface area contributed by atoms with Crippen molar-refractivity contribution in [3.63, 3.8) is 0 Å². The summed E-state index contributed by atoms with van der Waals surface area (Å²) in [7, 11) is 0. The predicted molar refractivity (Wildman–Crippen MR) is 124 cm³/mol. The van der Waals surface area contributed by atoms with Crippen LogP contribution in [0.5, 0.6) is 0 Å². The number of nitrogens with zero attached hydrogens (tertiary/aromatic N) is 5. The van der Waals surface area contributed by atoms with Crippen molar-refractivity contribution < 1.29 is 9.53 Å². The summed E-state index contributed by atoms with van der Waals surface area (Å²) in [5, 5.41) is 11.5. The predicted octanol–water partition coefficient (Wildman–Crippen LogP) is 3.93. The minimum Gasteiger partial charge on any atom is -0.368 e. The number of nitrogens with one attached hydrogen (secondary N) is 1. The number of aryl methyl sites for hydroxylation is 2. The average Bonchev–Trinajstić information content (AvgIpc) is 3.43. The highest BCUT2D eigenvalue weighted by molar-refractivity contribution is 7.13. The fourth-order valence-corrected chi connectivity index (χ4v) is 4.53. The topological polar surface area (TPSA) is 85.2 Å². The molecule has 3 aromatic heterocycles.